The highest BCUT2D eigenvalue weighted by Gasteiger charge is 2.35. The molecule has 0 amide bonds. The third kappa shape index (κ3) is 3.44. The van der Waals surface area contributed by atoms with E-state index >= 15 is 0 Å². The average Bonchev–Trinajstić information content (AvgIpc) is 2.97. The molecular formula is C12H23NO2. The molecule has 1 atom stereocenters. The lowest BCUT2D eigenvalue weighted by molar-refractivity contribution is 0.127. The van der Waals surface area contributed by atoms with Crippen molar-refractivity contribution in [2.24, 2.45) is 5.41 Å². The molecule has 1 saturated carbocycles. The fourth-order valence-corrected chi connectivity index (χ4v) is 2.31. The minimum Gasteiger partial charge on any atom is -0.385 e. The Hall–Kier alpha value is -0.120. The third-order valence-electron chi connectivity index (χ3n) is 3.58. The summed E-state index contributed by atoms with van der Waals surface area (Å²) in [6, 6.07) is 0.810. The quantitative estimate of drug-likeness (QED) is 0.651. The van der Waals surface area contributed by atoms with Gasteiger partial charge in [-0.05, 0) is 32.1 Å². The molecule has 0 aromatic rings. The molecule has 1 unspecified atom stereocenters. The van der Waals surface area contributed by atoms with Crippen LogP contribution in [0.25, 0.3) is 0 Å². The van der Waals surface area contributed by atoms with Crippen molar-refractivity contribution in [3.05, 3.63) is 0 Å². The monoisotopic (exact) mass is 213 g/mol. The molecule has 1 N–H and O–H groups in total. The number of hydrogen-bond donors (Lipinski definition) is 1. The zero-order valence-corrected chi connectivity index (χ0v) is 9.76. The maximum Gasteiger partial charge on any atom is 0.0535 e. The maximum absolute atomic E-state index is 5.56. The van der Waals surface area contributed by atoms with Crippen LogP contribution in [-0.2, 0) is 9.47 Å². The number of rotatable bonds is 7. The van der Waals surface area contributed by atoms with Gasteiger partial charge in [-0.25, -0.2) is 0 Å². The van der Waals surface area contributed by atoms with E-state index in [1.54, 1.807) is 7.11 Å². The summed E-state index contributed by atoms with van der Waals surface area (Å²) < 4.78 is 10.7. The van der Waals surface area contributed by atoms with Gasteiger partial charge in [-0.1, -0.05) is 0 Å². The van der Waals surface area contributed by atoms with Crippen LogP contribution in [0.2, 0.25) is 0 Å². The van der Waals surface area contributed by atoms with E-state index in [0.717, 1.165) is 38.8 Å². The standard InChI is InChI=1S/C12H23NO2/c1-14-7-2-5-12(6-8-15-10-12)9-13-11-3-4-11/h11,13H,2-10H2,1H3. The highest BCUT2D eigenvalue weighted by Crippen LogP contribution is 2.34. The Bertz CT molecular complexity index is 186. The molecule has 1 heterocycles. The first-order valence-electron chi connectivity index (χ1n) is 6.15. The van der Waals surface area contributed by atoms with Crippen LogP contribution in [0.3, 0.4) is 0 Å². The number of methoxy groups -OCH3 is 1. The molecule has 15 heavy (non-hydrogen) atoms. The van der Waals surface area contributed by atoms with Crippen LogP contribution in [-0.4, -0.2) is 39.5 Å². The van der Waals surface area contributed by atoms with Gasteiger partial charge in [0, 0.05) is 38.3 Å². The molecule has 1 aliphatic heterocycles. The largest absolute Gasteiger partial charge is 0.385 e. The minimum atomic E-state index is 0.404. The molecule has 3 nitrogen and oxygen atoms in total. The summed E-state index contributed by atoms with van der Waals surface area (Å²) in [6.45, 7) is 3.91. The van der Waals surface area contributed by atoms with Gasteiger partial charge in [-0.15, -0.1) is 0 Å². The van der Waals surface area contributed by atoms with Gasteiger partial charge in [0.05, 0.1) is 6.61 Å². The zero-order chi connectivity index (χ0) is 10.6. The van der Waals surface area contributed by atoms with Crippen LogP contribution in [0, 0.1) is 5.41 Å². The van der Waals surface area contributed by atoms with Crippen LogP contribution < -0.4 is 5.32 Å². The summed E-state index contributed by atoms with van der Waals surface area (Å²) in [5.41, 5.74) is 0.404. The van der Waals surface area contributed by atoms with E-state index in [1.165, 1.54) is 25.7 Å². The van der Waals surface area contributed by atoms with Crippen LogP contribution in [0.4, 0.5) is 0 Å². The predicted octanol–water partition coefficient (Wildman–Crippen LogP) is 1.57. The SMILES string of the molecule is COCCCC1(CNC2CC2)CCOC1. The first kappa shape index (κ1) is 11.4. The van der Waals surface area contributed by atoms with Crippen molar-refractivity contribution in [3.8, 4) is 0 Å². The Morgan fingerprint density at radius 2 is 2.33 bits per heavy atom. The maximum atomic E-state index is 5.56. The van der Waals surface area contributed by atoms with Crippen molar-refractivity contribution in [2.75, 3.05) is 33.5 Å². The molecule has 0 aromatic carbocycles. The molecule has 0 bridgehead atoms. The van der Waals surface area contributed by atoms with Crippen molar-refractivity contribution in [2.45, 2.75) is 38.1 Å². The van der Waals surface area contributed by atoms with Crippen molar-refractivity contribution in [3.63, 3.8) is 0 Å². The molecule has 3 heteroatoms. The van der Waals surface area contributed by atoms with Crippen molar-refractivity contribution in [1.29, 1.82) is 0 Å². The van der Waals surface area contributed by atoms with Gasteiger partial charge < -0.3 is 14.8 Å². The molecule has 0 spiro atoms. The number of hydrogen-bond acceptors (Lipinski definition) is 3. The summed E-state index contributed by atoms with van der Waals surface area (Å²) in [6.07, 6.45) is 6.35. The van der Waals surface area contributed by atoms with Gasteiger partial charge in [0.1, 0.15) is 0 Å². The summed E-state index contributed by atoms with van der Waals surface area (Å²) in [7, 11) is 1.78. The van der Waals surface area contributed by atoms with Gasteiger partial charge >= 0.3 is 0 Å². The second kappa shape index (κ2) is 5.28. The Balaban J connectivity index is 1.73. The molecule has 88 valence electrons. The molecular weight excluding hydrogens is 190 g/mol. The lowest BCUT2D eigenvalue weighted by Gasteiger charge is -2.27. The van der Waals surface area contributed by atoms with Gasteiger partial charge in [0.2, 0.25) is 0 Å². The highest BCUT2D eigenvalue weighted by atomic mass is 16.5. The number of nitrogens with one attached hydrogen (secondary N) is 1. The smallest absolute Gasteiger partial charge is 0.0535 e. The Labute approximate surface area is 92.5 Å². The van der Waals surface area contributed by atoms with Crippen molar-refractivity contribution in [1.82, 2.24) is 5.32 Å². The highest BCUT2D eigenvalue weighted by molar-refractivity contribution is 4.89. The van der Waals surface area contributed by atoms with Gasteiger partial charge in [0.25, 0.3) is 0 Å². The van der Waals surface area contributed by atoms with E-state index in [4.69, 9.17) is 9.47 Å². The predicted molar refractivity (Wildman–Crippen MR) is 60.0 cm³/mol. The molecule has 1 saturated heterocycles. The molecule has 2 fully saturated rings. The summed E-state index contributed by atoms with van der Waals surface area (Å²) in [4.78, 5) is 0. The molecule has 0 aromatic heterocycles. The minimum absolute atomic E-state index is 0.404. The van der Waals surface area contributed by atoms with E-state index in [2.05, 4.69) is 5.32 Å². The molecule has 1 aliphatic carbocycles. The van der Waals surface area contributed by atoms with Crippen LogP contribution >= 0.6 is 0 Å². The van der Waals surface area contributed by atoms with Gasteiger partial charge in [-0.3, -0.25) is 0 Å². The second-order valence-corrected chi connectivity index (χ2v) is 5.05. The van der Waals surface area contributed by atoms with E-state index in [1.807, 2.05) is 0 Å². The van der Waals surface area contributed by atoms with E-state index in [9.17, 15) is 0 Å². The Morgan fingerprint density at radius 1 is 1.47 bits per heavy atom. The molecule has 2 aliphatic rings. The first-order valence-corrected chi connectivity index (χ1v) is 6.15. The number of ether oxygens (including phenoxy) is 2. The topological polar surface area (TPSA) is 30.5 Å². The van der Waals surface area contributed by atoms with Crippen LogP contribution in [0.5, 0.6) is 0 Å². The lowest BCUT2D eigenvalue weighted by Crippen LogP contribution is -2.36. The van der Waals surface area contributed by atoms with Crippen molar-refractivity contribution >= 4 is 0 Å². The fourth-order valence-electron chi connectivity index (χ4n) is 2.31. The van der Waals surface area contributed by atoms with Crippen molar-refractivity contribution < 1.29 is 9.47 Å². The Kier molecular flexibility index (Phi) is 4.00. The first-order chi connectivity index (χ1) is 7.35. The summed E-state index contributed by atoms with van der Waals surface area (Å²) in [5, 5.41) is 3.65. The van der Waals surface area contributed by atoms with Crippen LogP contribution in [0.15, 0.2) is 0 Å². The summed E-state index contributed by atoms with van der Waals surface area (Å²) >= 11 is 0. The molecule has 2 rings (SSSR count). The zero-order valence-electron chi connectivity index (χ0n) is 9.76. The van der Waals surface area contributed by atoms with Gasteiger partial charge in [-0.2, -0.15) is 0 Å². The fraction of sp³-hybridized carbons (Fsp3) is 1.00. The van der Waals surface area contributed by atoms with Crippen LogP contribution in [0.1, 0.15) is 32.1 Å². The van der Waals surface area contributed by atoms with E-state index < -0.39 is 0 Å². The summed E-state index contributed by atoms with van der Waals surface area (Å²) in [5.74, 6) is 0. The Morgan fingerprint density at radius 3 is 2.93 bits per heavy atom. The lowest BCUT2D eigenvalue weighted by atomic mass is 9.82. The average molecular weight is 213 g/mol. The van der Waals surface area contributed by atoms with E-state index in [0.29, 0.717) is 5.41 Å². The second-order valence-electron chi connectivity index (χ2n) is 5.05. The molecule has 0 radical (unpaired) electrons. The van der Waals surface area contributed by atoms with E-state index in [-0.39, 0.29) is 0 Å². The van der Waals surface area contributed by atoms with Gasteiger partial charge in [0.15, 0.2) is 0 Å². The third-order valence-corrected chi connectivity index (χ3v) is 3.58. The normalized spacial score (nSPS) is 31.0.